The van der Waals surface area contributed by atoms with Crippen LogP contribution in [0.5, 0.6) is 0 Å². The molecular weight excluding hydrogens is 313 g/mol. The van der Waals surface area contributed by atoms with E-state index in [0.717, 1.165) is 0 Å². The monoisotopic (exact) mass is 327 g/mol. The van der Waals surface area contributed by atoms with Gasteiger partial charge in [-0.2, -0.15) is 0 Å². The predicted octanol–water partition coefficient (Wildman–Crippen LogP) is 3.62. The standard InChI is InChI=1S/C17H14FN3O3/c1-19-14-12-7-2-3-8-13(12)24-16(22)15(14)21-17(23)20-11-6-4-5-10(18)9-11/h2-9,19H,1H3,(H2,20,21,23). The van der Waals surface area contributed by atoms with Crippen LogP contribution < -0.4 is 21.6 Å². The van der Waals surface area contributed by atoms with Gasteiger partial charge in [0.15, 0.2) is 5.69 Å². The van der Waals surface area contributed by atoms with Gasteiger partial charge in [-0.3, -0.25) is 5.32 Å². The number of rotatable bonds is 3. The molecule has 2 aromatic carbocycles. The Morgan fingerprint density at radius 3 is 2.58 bits per heavy atom. The SMILES string of the molecule is CNc1c(NC(=O)Nc2cccc(F)c2)c(=O)oc2ccccc12. The topological polar surface area (TPSA) is 83.4 Å². The number of hydrogen-bond acceptors (Lipinski definition) is 4. The van der Waals surface area contributed by atoms with Crippen molar-refractivity contribution < 1.29 is 13.6 Å². The number of benzene rings is 2. The summed E-state index contributed by atoms with van der Waals surface area (Å²) >= 11 is 0. The summed E-state index contributed by atoms with van der Waals surface area (Å²) in [5.74, 6) is -0.478. The first-order valence-electron chi connectivity index (χ1n) is 7.15. The molecule has 0 radical (unpaired) electrons. The van der Waals surface area contributed by atoms with Crippen LogP contribution in [-0.4, -0.2) is 13.1 Å². The maximum Gasteiger partial charge on any atom is 0.362 e. The number of carbonyl (C=O) groups excluding carboxylic acids is 1. The second-order valence-electron chi connectivity index (χ2n) is 4.98. The molecule has 0 spiro atoms. The van der Waals surface area contributed by atoms with Gasteiger partial charge in [-0.25, -0.2) is 14.0 Å². The first-order valence-corrected chi connectivity index (χ1v) is 7.15. The molecule has 3 rings (SSSR count). The largest absolute Gasteiger partial charge is 0.421 e. The van der Waals surface area contributed by atoms with Crippen molar-refractivity contribution in [2.45, 2.75) is 0 Å². The van der Waals surface area contributed by atoms with Crippen molar-refractivity contribution in [3.63, 3.8) is 0 Å². The van der Waals surface area contributed by atoms with Gasteiger partial charge in [0, 0.05) is 18.1 Å². The number of halogens is 1. The molecule has 0 saturated carbocycles. The van der Waals surface area contributed by atoms with Gasteiger partial charge in [-0.05, 0) is 30.3 Å². The van der Waals surface area contributed by atoms with Gasteiger partial charge in [0.1, 0.15) is 11.4 Å². The van der Waals surface area contributed by atoms with E-state index in [1.54, 1.807) is 31.3 Å². The minimum Gasteiger partial charge on any atom is -0.421 e. The van der Waals surface area contributed by atoms with Crippen LogP contribution in [0.15, 0.2) is 57.7 Å². The zero-order chi connectivity index (χ0) is 17.1. The van der Waals surface area contributed by atoms with Crippen LogP contribution in [-0.2, 0) is 0 Å². The fourth-order valence-corrected chi connectivity index (χ4v) is 2.37. The molecule has 3 aromatic rings. The van der Waals surface area contributed by atoms with Gasteiger partial charge in [0.25, 0.3) is 0 Å². The number of hydrogen-bond donors (Lipinski definition) is 3. The van der Waals surface area contributed by atoms with E-state index in [2.05, 4.69) is 16.0 Å². The highest BCUT2D eigenvalue weighted by Gasteiger charge is 2.16. The molecule has 7 heteroatoms. The van der Waals surface area contributed by atoms with E-state index in [1.807, 2.05) is 0 Å². The molecule has 1 heterocycles. The van der Waals surface area contributed by atoms with Gasteiger partial charge < -0.3 is 15.1 Å². The van der Waals surface area contributed by atoms with Crippen LogP contribution in [0.3, 0.4) is 0 Å². The van der Waals surface area contributed by atoms with Crippen molar-refractivity contribution >= 4 is 34.1 Å². The summed E-state index contributed by atoms with van der Waals surface area (Å²) in [5, 5.41) is 8.46. The Kier molecular flexibility index (Phi) is 4.15. The maximum absolute atomic E-state index is 13.2. The third-order valence-corrected chi connectivity index (χ3v) is 3.38. The number of nitrogens with one attached hydrogen (secondary N) is 3. The Hall–Kier alpha value is -3.35. The first kappa shape index (κ1) is 15.5. The van der Waals surface area contributed by atoms with Crippen LogP contribution in [0, 0.1) is 5.82 Å². The second kappa shape index (κ2) is 6.41. The highest BCUT2D eigenvalue weighted by atomic mass is 19.1. The fraction of sp³-hybridized carbons (Fsp3) is 0.0588. The Morgan fingerprint density at radius 2 is 1.83 bits per heavy atom. The fourth-order valence-electron chi connectivity index (χ4n) is 2.37. The van der Waals surface area contributed by atoms with Crippen LogP contribution in [0.1, 0.15) is 0 Å². The van der Waals surface area contributed by atoms with E-state index in [9.17, 15) is 14.0 Å². The number of urea groups is 1. The lowest BCUT2D eigenvalue weighted by Crippen LogP contribution is -2.24. The maximum atomic E-state index is 13.2. The average molecular weight is 327 g/mol. The Labute approximate surface area is 136 Å². The molecule has 2 amide bonds. The molecule has 0 bridgehead atoms. The molecule has 0 atom stereocenters. The Balaban J connectivity index is 1.93. The van der Waals surface area contributed by atoms with Gasteiger partial charge in [-0.1, -0.05) is 18.2 Å². The lowest BCUT2D eigenvalue weighted by Gasteiger charge is -2.12. The molecule has 0 aliphatic carbocycles. The van der Waals surface area contributed by atoms with Crippen molar-refractivity contribution in [2.75, 3.05) is 23.0 Å². The lowest BCUT2D eigenvalue weighted by atomic mass is 10.2. The molecule has 3 N–H and O–H groups in total. The van der Waals surface area contributed by atoms with E-state index in [-0.39, 0.29) is 11.4 Å². The van der Waals surface area contributed by atoms with E-state index < -0.39 is 17.5 Å². The molecule has 24 heavy (non-hydrogen) atoms. The average Bonchev–Trinajstić information content (AvgIpc) is 2.55. The van der Waals surface area contributed by atoms with Crippen molar-refractivity contribution in [1.29, 1.82) is 0 Å². The zero-order valence-electron chi connectivity index (χ0n) is 12.7. The third-order valence-electron chi connectivity index (χ3n) is 3.38. The van der Waals surface area contributed by atoms with Crippen LogP contribution in [0.2, 0.25) is 0 Å². The number of fused-ring (bicyclic) bond motifs is 1. The molecular formula is C17H14FN3O3. The van der Waals surface area contributed by atoms with E-state index in [4.69, 9.17) is 4.42 Å². The number of para-hydroxylation sites is 1. The molecule has 0 unspecified atom stereocenters. The van der Waals surface area contributed by atoms with Crippen molar-refractivity contribution in [1.82, 2.24) is 0 Å². The Morgan fingerprint density at radius 1 is 1.04 bits per heavy atom. The van der Waals surface area contributed by atoms with E-state index in [1.165, 1.54) is 24.3 Å². The van der Waals surface area contributed by atoms with E-state index >= 15 is 0 Å². The summed E-state index contributed by atoms with van der Waals surface area (Å²) in [7, 11) is 1.64. The molecule has 0 aliphatic rings. The van der Waals surface area contributed by atoms with E-state index in [0.29, 0.717) is 16.7 Å². The highest BCUT2D eigenvalue weighted by molar-refractivity contribution is 6.05. The smallest absolute Gasteiger partial charge is 0.362 e. The number of carbonyl (C=O) groups is 1. The summed E-state index contributed by atoms with van der Waals surface area (Å²) in [4.78, 5) is 24.2. The van der Waals surface area contributed by atoms with Gasteiger partial charge in [0.05, 0.1) is 5.69 Å². The lowest BCUT2D eigenvalue weighted by molar-refractivity contribution is 0.262. The van der Waals surface area contributed by atoms with Gasteiger partial charge >= 0.3 is 11.7 Å². The minimum absolute atomic E-state index is 0.0231. The van der Waals surface area contributed by atoms with Crippen LogP contribution in [0.25, 0.3) is 11.0 Å². The summed E-state index contributed by atoms with van der Waals surface area (Å²) in [6.07, 6.45) is 0. The zero-order valence-corrected chi connectivity index (χ0v) is 12.7. The van der Waals surface area contributed by atoms with Gasteiger partial charge in [0.2, 0.25) is 0 Å². The quantitative estimate of drug-likeness (QED) is 0.642. The normalized spacial score (nSPS) is 10.4. The summed E-state index contributed by atoms with van der Waals surface area (Å²) in [5.41, 5.74) is 0.403. The second-order valence-corrected chi connectivity index (χ2v) is 4.98. The van der Waals surface area contributed by atoms with Gasteiger partial charge in [-0.15, -0.1) is 0 Å². The first-order chi connectivity index (χ1) is 11.6. The summed E-state index contributed by atoms with van der Waals surface area (Å²) in [6.45, 7) is 0. The summed E-state index contributed by atoms with van der Waals surface area (Å²) in [6, 6.07) is 11.7. The third kappa shape index (κ3) is 3.05. The molecule has 0 fully saturated rings. The van der Waals surface area contributed by atoms with Crippen molar-refractivity contribution in [3.05, 3.63) is 64.8 Å². The Bertz CT molecular complexity index is 969. The van der Waals surface area contributed by atoms with Crippen molar-refractivity contribution in [3.8, 4) is 0 Å². The summed E-state index contributed by atoms with van der Waals surface area (Å²) < 4.78 is 18.4. The van der Waals surface area contributed by atoms with Crippen LogP contribution in [0.4, 0.5) is 26.2 Å². The number of amides is 2. The van der Waals surface area contributed by atoms with Crippen molar-refractivity contribution in [2.24, 2.45) is 0 Å². The highest BCUT2D eigenvalue weighted by Crippen LogP contribution is 2.28. The minimum atomic E-state index is -0.688. The molecule has 6 nitrogen and oxygen atoms in total. The molecule has 0 saturated heterocycles. The molecule has 1 aromatic heterocycles. The number of anilines is 3. The molecule has 122 valence electrons. The van der Waals surface area contributed by atoms with Crippen LogP contribution >= 0.6 is 0 Å². The predicted molar refractivity (Wildman–Crippen MR) is 91.1 cm³/mol. The molecule has 0 aliphatic heterocycles.